The van der Waals surface area contributed by atoms with Gasteiger partial charge in [-0.1, -0.05) is 42.0 Å². The molecule has 1 heterocycles. The highest BCUT2D eigenvalue weighted by Crippen LogP contribution is 2.12. The van der Waals surface area contributed by atoms with Crippen LogP contribution in [0.1, 0.15) is 16.7 Å². The van der Waals surface area contributed by atoms with Gasteiger partial charge in [0.05, 0.1) is 19.2 Å². The summed E-state index contributed by atoms with van der Waals surface area (Å²) in [5.41, 5.74) is 3.90. The normalized spacial score (nSPS) is 11.8. The first kappa shape index (κ1) is 18.6. The largest absolute Gasteiger partial charge is 0.394 e. The van der Waals surface area contributed by atoms with Gasteiger partial charge in [0.2, 0.25) is 0 Å². The Morgan fingerprint density at radius 1 is 1.19 bits per heavy atom. The molecular weight excluding hydrogens is 342 g/mol. The molecule has 2 amide bonds. The van der Waals surface area contributed by atoms with E-state index in [1.54, 1.807) is 11.0 Å². The van der Waals surface area contributed by atoms with Gasteiger partial charge in [-0.05, 0) is 36.6 Å². The maximum absolute atomic E-state index is 12.3. The summed E-state index contributed by atoms with van der Waals surface area (Å²) in [6.07, 6.45) is 3.70. The van der Waals surface area contributed by atoms with Gasteiger partial charge in [-0.25, -0.2) is 14.5 Å². The van der Waals surface area contributed by atoms with Crippen LogP contribution in [0.4, 0.5) is 10.5 Å². The molecule has 0 saturated heterocycles. The van der Waals surface area contributed by atoms with E-state index in [0.29, 0.717) is 18.7 Å². The van der Waals surface area contributed by atoms with Crippen LogP contribution in [0.2, 0.25) is 0 Å². The van der Waals surface area contributed by atoms with Crippen molar-refractivity contribution in [3.05, 3.63) is 77.9 Å². The van der Waals surface area contributed by atoms with Crippen molar-refractivity contribution in [2.45, 2.75) is 25.9 Å². The zero-order valence-corrected chi connectivity index (χ0v) is 15.2. The number of hydrogen-bond acceptors (Lipinski definition) is 4. The predicted octanol–water partition coefficient (Wildman–Crippen LogP) is 2.36. The van der Waals surface area contributed by atoms with Crippen molar-refractivity contribution in [2.75, 3.05) is 11.9 Å². The highest BCUT2D eigenvalue weighted by Gasteiger charge is 2.12. The van der Waals surface area contributed by atoms with Crippen LogP contribution in [-0.4, -0.2) is 38.6 Å². The smallest absolute Gasteiger partial charge is 0.319 e. The van der Waals surface area contributed by atoms with Crippen LogP contribution >= 0.6 is 0 Å². The molecule has 0 bridgehead atoms. The van der Waals surface area contributed by atoms with Crippen molar-refractivity contribution >= 4 is 11.7 Å². The fraction of sp³-hybridized carbons (Fsp3) is 0.250. The fourth-order valence-electron chi connectivity index (χ4n) is 2.89. The first-order chi connectivity index (χ1) is 13.1. The Bertz CT molecular complexity index is 880. The third-order valence-corrected chi connectivity index (χ3v) is 4.12. The first-order valence-electron chi connectivity index (χ1n) is 8.77. The topological polar surface area (TPSA) is 92.1 Å². The number of anilines is 1. The number of nitrogens with zero attached hydrogens (tertiary/aromatic N) is 3. The maximum atomic E-state index is 12.3. The van der Waals surface area contributed by atoms with Gasteiger partial charge in [-0.2, -0.15) is 5.10 Å². The molecule has 0 aliphatic rings. The van der Waals surface area contributed by atoms with Crippen LogP contribution in [0.3, 0.4) is 0 Å². The lowest BCUT2D eigenvalue weighted by Gasteiger charge is -2.17. The zero-order chi connectivity index (χ0) is 19.1. The molecular formula is C20H23N5O2. The van der Waals surface area contributed by atoms with Crippen molar-refractivity contribution < 1.29 is 9.90 Å². The SMILES string of the molecule is Cc1cccc(CC(CO)NC(=O)Nc2cccc(Cn3cncn3)c2)c1. The lowest BCUT2D eigenvalue weighted by molar-refractivity contribution is 0.224. The molecule has 0 aliphatic carbocycles. The van der Waals surface area contributed by atoms with E-state index in [2.05, 4.69) is 26.8 Å². The molecule has 0 spiro atoms. The summed E-state index contributed by atoms with van der Waals surface area (Å²) >= 11 is 0. The van der Waals surface area contributed by atoms with E-state index < -0.39 is 0 Å². The summed E-state index contributed by atoms with van der Waals surface area (Å²) in [6, 6.07) is 14.9. The Kier molecular flexibility index (Phi) is 6.17. The van der Waals surface area contributed by atoms with E-state index >= 15 is 0 Å². The molecule has 1 aromatic heterocycles. The van der Waals surface area contributed by atoms with E-state index in [0.717, 1.165) is 16.7 Å². The molecule has 3 rings (SSSR count). The Hall–Kier alpha value is -3.19. The molecule has 0 aliphatic heterocycles. The van der Waals surface area contributed by atoms with Gasteiger partial charge in [0.25, 0.3) is 0 Å². The van der Waals surface area contributed by atoms with Gasteiger partial charge < -0.3 is 15.7 Å². The molecule has 0 radical (unpaired) electrons. The molecule has 3 aromatic rings. The summed E-state index contributed by atoms with van der Waals surface area (Å²) in [5.74, 6) is 0. The van der Waals surface area contributed by atoms with Gasteiger partial charge in [0.1, 0.15) is 12.7 Å². The summed E-state index contributed by atoms with van der Waals surface area (Å²) in [4.78, 5) is 16.2. The van der Waals surface area contributed by atoms with E-state index in [-0.39, 0.29) is 18.7 Å². The summed E-state index contributed by atoms with van der Waals surface area (Å²) < 4.78 is 1.71. The Morgan fingerprint density at radius 3 is 2.74 bits per heavy atom. The average molecular weight is 365 g/mol. The average Bonchev–Trinajstić information content (AvgIpc) is 3.14. The van der Waals surface area contributed by atoms with E-state index in [4.69, 9.17) is 0 Å². The van der Waals surface area contributed by atoms with Crippen molar-refractivity contribution in [3.63, 3.8) is 0 Å². The van der Waals surface area contributed by atoms with Crippen molar-refractivity contribution in [2.24, 2.45) is 0 Å². The Labute approximate surface area is 158 Å². The van der Waals surface area contributed by atoms with Crippen molar-refractivity contribution in [1.82, 2.24) is 20.1 Å². The molecule has 0 fully saturated rings. The molecule has 7 heteroatoms. The first-order valence-corrected chi connectivity index (χ1v) is 8.77. The molecule has 1 unspecified atom stereocenters. The molecule has 1 atom stereocenters. The number of aliphatic hydroxyl groups excluding tert-OH is 1. The van der Waals surface area contributed by atoms with Crippen LogP contribution in [0.15, 0.2) is 61.2 Å². The van der Waals surface area contributed by atoms with Crippen LogP contribution in [0, 0.1) is 6.92 Å². The number of carbonyl (C=O) groups excluding carboxylic acids is 1. The van der Waals surface area contributed by atoms with Gasteiger partial charge in [-0.3, -0.25) is 0 Å². The monoisotopic (exact) mass is 365 g/mol. The lowest BCUT2D eigenvalue weighted by Crippen LogP contribution is -2.41. The van der Waals surface area contributed by atoms with E-state index in [1.165, 1.54) is 6.33 Å². The van der Waals surface area contributed by atoms with E-state index in [9.17, 15) is 9.90 Å². The van der Waals surface area contributed by atoms with Crippen molar-refractivity contribution in [3.8, 4) is 0 Å². The number of hydrogen-bond donors (Lipinski definition) is 3. The van der Waals surface area contributed by atoms with Crippen LogP contribution in [-0.2, 0) is 13.0 Å². The zero-order valence-electron chi connectivity index (χ0n) is 15.2. The second-order valence-electron chi connectivity index (χ2n) is 6.46. The quantitative estimate of drug-likeness (QED) is 0.599. The van der Waals surface area contributed by atoms with Crippen molar-refractivity contribution in [1.29, 1.82) is 0 Å². The number of benzene rings is 2. The number of carbonyl (C=O) groups is 1. The minimum atomic E-state index is -0.356. The van der Waals surface area contributed by atoms with Crippen LogP contribution < -0.4 is 10.6 Å². The molecule has 140 valence electrons. The van der Waals surface area contributed by atoms with Gasteiger partial charge >= 0.3 is 6.03 Å². The van der Waals surface area contributed by atoms with Gasteiger partial charge in [0, 0.05) is 5.69 Å². The van der Waals surface area contributed by atoms with Crippen LogP contribution in [0.5, 0.6) is 0 Å². The number of nitrogens with one attached hydrogen (secondary N) is 2. The summed E-state index contributed by atoms with van der Waals surface area (Å²) in [6.45, 7) is 2.46. The Balaban J connectivity index is 1.57. The minimum absolute atomic E-state index is 0.131. The molecule has 2 aromatic carbocycles. The molecule has 27 heavy (non-hydrogen) atoms. The minimum Gasteiger partial charge on any atom is -0.394 e. The third-order valence-electron chi connectivity index (χ3n) is 4.12. The van der Waals surface area contributed by atoms with E-state index in [1.807, 2.05) is 49.4 Å². The fourth-order valence-corrected chi connectivity index (χ4v) is 2.89. The molecule has 3 N–H and O–H groups in total. The number of aryl methyl sites for hydroxylation is 1. The number of rotatable bonds is 7. The number of aromatic nitrogens is 3. The standard InChI is InChI=1S/C20H23N5O2/c1-15-4-2-5-16(8-15)9-19(12-26)24-20(27)23-18-7-3-6-17(10-18)11-25-14-21-13-22-25/h2-8,10,13-14,19,26H,9,11-12H2,1H3,(H2,23,24,27). The number of amides is 2. The van der Waals surface area contributed by atoms with Gasteiger partial charge in [-0.15, -0.1) is 0 Å². The van der Waals surface area contributed by atoms with Gasteiger partial charge in [0.15, 0.2) is 0 Å². The summed E-state index contributed by atoms with van der Waals surface area (Å²) in [5, 5.41) is 19.3. The Morgan fingerprint density at radius 2 is 2.00 bits per heavy atom. The molecule has 0 saturated carbocycles. The number of urea groups is 1. The predicted molar refractivity (Wildman–Crippen MR) is 103 cm³/mol. The van der Waals surface area contributed by atoms with Crippen LogP contribution in [0.25, 0.3) is 0 Å². The second kappa shape index (κ2) is 8.95. The molecule has 7 nitrogen and oxygen atoms in total. The maximum Gasteiger partial charge on any atom is 0.319 e. The third kappa shape index (κ3) is 5.65. The highest BCUT2D eigenvalue weighted by molar-refractivity contribution is 5.89. The summed E-state index contributed by atoms with van der Waals surface area (Å²) in [7, 11) is 0. The second-order valence-corrected chi connectivity index (χ2v) is 6.46. The lowest BCUT2D eigenvalue weighted by atomic mass is 10.0. The number of aliphatic hydroxyl groups is 1. The highest BCUT2D eigenvalue weighted by atomic mass is 16.3.